The summed E-state index contributed by atoms with van der Waals surface area (Å²) < 4.78 is 0.767. The Labute approximate surface area is 84.0 Å². The molecule has 0 atom stereocenters. The van der Waals surface area contributed by atoms with Gasteiger partial charge in [0.2, 0.25) is 0 Å². The predicted octanol–water partition coefficient (Wildman–Crippen LogP) is 2.30. The van der Waals surface area contributed by atoms with E-state index in [9.17, 15) is 0 Å². The van der Waals surface area contributed by atoms with E-state index < -0.39 is 0 Å². The Bertz CT molecular complexity index is 403. The van der Waals surface area contributed by atoms with Crippen molar-refractivity contribution in [1.82, 2.24) is 15.0 Å². The number of halogens is 1. The zero-order valence-electron chi connectivity index (χ0n) is 6.68. The Hall–Kier alpha value is -1.29. The van der Waals surface area contributed by atoms with Crippen molar-refractivity contribution in [3.8, 4) is 11.4 Å². The van der Waals surface area contributed by atoms with Crippen molar-refractivity contribution >= 4 is 15.9 Å². The average molecular weight is 236 g/mol. The minimum Gasteiger partial charge on any atom is -0.255 e. The van der Waals surface area contributed by atoms with Crippen molar-refractivity contribution in [3.05, 3.63) is 41.4 Å². The molecule has 0 unspecified atom stereocenters. The maximum Gasteiger partial charge on any atom is 0.117 e. The van der Waals surface area contributed by atoms with Gasteiger partial charge in [-0.1, -0.05) is 6.07 Å². The van der Waals surface area contributed by atoms with Gasteiger partial charge in [0.1, 0.15) is 10.9 Å². The van der Waals surface area contributed by atoms with Crippen molar-refractivity contribution in [3.63, 3.8) is 0 Å². The van der Waals surface area contributed by atoms with E-state index in [1.165, 1.54) is 6.33 Å². The summed E-state index contributed by atoms with van der Waals surface area (Å²) in [4.78, 5) is 12.2. The molecule has 0 radical (unpaired) electrons. The zero-order valence-corrected chi connectivity index (χ0v) is 8.27. The molecule has 2 aromatic heterocycles. The van der Waals surface area contributed by atoms with Crippen molar-refractivity contribution in [2.24, 2.45) is 0 Å². The van der Waals surface area contributed by atoms with Crippen LogP contribution in [-0.2, 0) is 0 Å². The Kier molecular flexibility index (Phi) is 2.31. The maximum atomic E-state index is 4.18. The fraction of sp³-hybridized carbons (Fsp3) is 0. The van der Waals surface area contributed by atoms with E-state index in [-0.39, 0.29) is 0 Å². The van der Waals surface area contributed by atoms with Crippen molar-refractivity contribution in [2.75, 3.05) is 0 Å². The highest BCUT2D eigenvalue weighted by atomic mass is 79.9. The van der Waals surface area contributed by atoms with Gasteiger partial charge in [0.25, 0.3) is 0 Å². The first-order valence-corrected chi connectivity index (χ1v) is 4.54. The summed E-state index contributed by atoms with van der Waals surface area (Å²) in [6, 6.07) is 7.55. The van der Waals surface area contributed by atoms with Crippen molar-refractivity contribution < 1.29 is 0 Å². The largest absolute Gasteiger partial charge is 0.255 e. The van der Waals surface area contributed by atoms with Crippen LogP contribution in [0.3, 0.4) is 0 Å². The van der Waals surface area contributed by atoms with Gasteiger partial charge in [-0.15, -0.1) is 0 Å². The molecule has 3 nitrogen and oxygen atoms in total. The molecule has 0 aliphatic carbocycles. The second-order valence-corrected chi connectivity index (χ2v) is 3.25. The van der Waals surface area contributed by atoms with Crippen LogP contribution in [0.5, 0.6) is 0 Å². The third-order valence-corrected chi connectivity index (χ3v) is 1.99. The molecule has 0 aliphatic heterocycles. The number of pyridine rings is 1. The van der Waals surface area contributed by atoms with Crippen LogP contribution in [0.1, 0.15) is 0 Å². The van der Waals surface area contributed by atoms with Crippen LogP contribution in [0, 0.1) is 0 Å². The molecule has 2 aromatic rings. The molecule has 0 aliphatic rings. The molecule has 2 rings (SSSR count). The molecular formula is C9H6BrN3. The van der Waals surface area contributed by atoms with E-state index >= 15 is 0 Å². The summed E-state index contributed by atoms with van der Waals surface area (Å²) in [7, 11) is 0. The van der Waals surface area contributed by atoms with E-state index in [4.69, 9.17) is 0 Å². The Morgan fingerprint density at radius 1 is 1.00 bits per heavy atom. The zero-order chi connectivity index (χ0) is 9.10. The highest BCUT2D eigenvalue weighted by Gasteiger charge is 1.99. The monoisotopic (exact) mass is 235 g/mol. The van der Waals surface area contributed by atoms with E-state index in [1.807, 2.05) is 24.3 Å². The van der Waals surface area contributed by atoms with Gasteiger partial charge < -0.3 is 0 Å². The SMILES string of the molecule is Brc1cc(-c2ccccn2)ncn1. The summed E-state index contributed by atoms with van der Waals surface area (Å²) in [5.74, 6) is 0. The fourth-order valence-electron chi connectivity index (χ4n) is 0.988. The Morgan fingerprint density at radius 3 is 2.62 bits per heavy atom. The summed E-state index contributed by atoms with van der Waals surface area (Å²) in [5.41, 5.74) is 1.67. The molecule has 13 heavy (non-hydrogen) atoms. The summed E-state index contributed by atoms with van der Waals surface area (Å²) in [5, 5.41) is 0. The number of nitrogens with zero attached hydrogens (tertiary/aromatic N) is 3. The van der Waals surface area contributed by atoms with Crippen LogP contribution in [0.25, 0.3) is 11.4 Å². The highest BCUT2D eigenvalue weighted by molar-refractivity contribution is 9.10. The van der Waals surface area contributed by atoms with Crippen LogP contribution >= 0.6 is 15.9 Å². The second kappa shape index (κ2) is 3.62. The van der Waals surface area contributed by atoms with Gasteiger partial charge in [-0.25, -0.2) is 9.97 Å². The van der Waals surface area contributed by atoms with Crippen LogP contribution < -0.4 is 0 Å². The van der Waals surface area contributed by atoms with Crippen LogP contribution in [0.2, 0.25) is 0 Å². The van der Waals surface area contributed by atoms with E-state index in [1.54, 1.807) is 6.20 Å². The summed E-state index contributed by atoms with van der Waals surface area (Å²) >= 11 is 3.28. The molecule has 64 valence electrons. The first-order valence-electron chi connectivity index (χ1n) is 3.75. The fourth-order valence-corrected chi connectivity index (χ4v) is 1.30. The standard InChI is InChI=1S/C9H6BrN3/c10-9-5-8(12-6-13-9)7-3-1-2-4-11-7/h1-6H. The predicted molar refractivity (Wildman–Crippen MR) is 53.0 cm³/mol. The number of hydrogen-bond donors (Lipinski definition) is 0. The average Bonchev–Trinajstić information content (AvgIpc) is 2.19. The molecule has 4 heteroatoms. The third kappa shape index (κ3) is 1.89. The van der Waals surface area contributed by atoms with Crippen LogP contribution in [0.4, 0.5) is 0 Å². The maximum absolute atomic E-state index is 4.18. The van der Waals surface area contributed by atoms with Gasteiger partial charge in [-0.2, -0.15) is 0 Å². The highest BCUT2D eigenvalue weighted by Crippen LogP contribution is 2.15. The molecule has 0 bridgehead atoms. The Balaban J connectivity index is 2.48. The summed E-state index contributed by atoms with van der Waals surface area (Å²) in [6.07, 6.45) is 3.25. The number of rotatable bonds is 1. The molecule has 0 saturated heterocycles. The first kappa shape index (κ1) is 8.31. The molecule has 0 fully saturated rings. The number of aromatic nitrogens is 3. The lowest BCUT2D eigenvalue weighted by molar-refractivity contribution is 1.13. The smallest absolute Gasteiger partial charge is 0.117 e. The quantitative estimate of drug-likeness (QED) is 0.713. The van der Waals surface area contributed by atoms with Crippen molar-refractivity contribution in [1.29, 1.82) is 0 Å². The molecule has 0 amide bonds. The van der Waals surface area contributed by atoms with Gasteiger partial charge in [0.05, 0.1) is 11.4 Å². The topological polar surface area (TPSA) is 38.7 Å². The number of hydrogen-bond acceptors (Lipinski definition) is 3. The third-order valence-electron chi connectivity index (χ3n) is 1.56. The van der Waals surface area contributed by atoms with Gasteiger partial charge in [0.15, 0.2) is 0 Å². The first-order chi connectivity index (χ1) is 6.36. The van der Waals surface area contributed by atoms with Gasteiger partial charge in [-0.3, -0.25) is 4.98 Å². The molecule has 0 saturated carbocycles. The second-order valence-electron chi connectivity index (χ2n) is 2.44. The molecule has 0 spiro atoms. The molecular weight excluding hydrogens is 230 g/mol. The molecule has 2 heterocycles. The van der Waals surface area contributed by atoms with Gasteiger partial charge in [0, 0.05) is 6.20 Å². The van der Waals surface area contributed by atoms with Crippen LogP contribution in [0.15, 0.2) is 41.4 Å². The molecule has 0 aromatic carbocycles. The minimum atomic E-state index is 0.767. The van der Waals surface area contributed by atoms with Crippen LogP contribution in [-0.4, -0.2) is 15.0 Å². The lowest BCUT2D eigenvalue weighted by atomic mass is 10.3. The van der Waals surface area contributed by atoms with E-state index in [2.05, 4.69) is 30.9 Å². The molecule has 0 N–H and O–H groups in total. The van der Waals surface area contributed by atoms with Gasteiger partial charge in [-0.05, 0) is 34.1 Å². The van der Waals surface area contributed by atoms with E-state index in [0.717, 1.165) is 16.0 Å². The minimum absolute atomic E-state index is 0.767. The summed E-state index contributed by atoms with van der Waals surface area (Å²) in [6.45, 7) is 0. The normalized spacial score (nSPS) is 9.92. The lowest BCUT2D eigenvalue weighted by Gasteiger charge is -1.97. The lowest BCUT2D eigenvalue weighted by Crippen LogP contribution is -1.87. The van der Waals surface area contributed by atoms with E-state index in [0.29, 0.717) is 0 Å². The Morgan fingerprint density at radius 2 is 1.92 bits per heavy atom. The van der Waals surface area contributed by atoms with Crippen molar-refractivity contribution in [2.45, 2.75) is 0 Å². The van der Waals surface area contributed by atoms with Gasteiger partial charge >= 0.3 is 0 Å².